The van der Waals surface area contributed by atoms with Crippen molar-refractivity contribution in [1.82, 2.24) is 9.97 Å². The van der Waals surface area contributed by atoms with Crippen molar-refractivity contribution in [3.05, 3.63) is 11.5 Å². The van der Waals surface area contributed by atoms with E-state index >= 15 is 0 Å². The van der Waals surface area contributed by atoms with Crippen LogP contribution in [0.1, 0.15) is 40.0 Å². The van der Waals surface area contributed by atoms with Crippen molar-refractivity contribution in [2.24, 2.45) is 0 Å². The maximum Gasteiger partial charge on any atom is 0.271 e. The molecule has 0 atom stereocenters. The highest BCUT2D eigenvalue weighted by molar-refractivity contribution is 6.28. The number of amides is 1. The molecule has 6 heteroatoms. The molecule has 0 aliphatic carbocycles. The van der Waals surface area contributed by atoms with Crippen LogP contribution in [0.4, 0.5) is 5.82 Å². The summed E-state index contributed by atoms with van der Waals surface area (Å²) in [6, 6.07) is 0. The summed E-state index contributed by atoms with van der Waals surface area (Å²) in [5.74, 6) is 0.886. The summed E-state index contributed by atoms with van der Waals surface area (Å²) in [5.41, 5.74) is -0.892. The number of rotatable bonds is 4. The first kappa shape index (κ1) is 14.1. The zero-order valence-electron chi connectivity index (χ0n) is 11.4. The second-order valence-electron chi connectivity index (χ2n) is 5.10. The Hall–Kier alpha value is -1.36. The van der Waals surface area contributed by atoms with Crippen molar-refractivity contribution in [3.63, 3.8) is 0 Å². The molecule has 1 aromatic heterocycles. The van der Waals surface area contributed by atoms with E-state index in [1.54, 1.807) is 18.7 Å². The van der Waals surface area contributed by atoms with Gasteiger partial charge in [-0.05, 0) is 31.9 Å². The number of aromatic nitrogens is 2. The van der Waals surface area contributed by atoms with Gasteiger partial charge in [0.25, 0.3) is 5.91 Å². The van der Waals surface area contributed by atoms with Crippen molar-refractivity contribution >= 4 is 23.3 Å². The van der Waals surface area contributed by atoms with Crippen LogP contribution in [-0.2, 0) is 4.79 Å². The molecule has 0 saturated carbocycles. The zero-order chi connectivity index (χ0) is 14.0. The number of carbonyl (C=O) groups is 1. The first-order valence-corrected chi connectivity index (χ1v) is 6.87. The van der Waals surface area contributed by atoms with Gasteiger partial charge in [-0.2, -0.15) is 4.98 Å². The first-order valence-electron chi connectivity index (χ1n) is 6.49. The van der Waals surface area contributed by atoms with Crippen molar-refractivity contribution in [1.29, 1.82) is 0 Å². The minimum atomic E-state index is -0.892. The molecule has 1 aromatic rings. The Balaban J connectivity index is 2.33. The van der Waals surface area contributed by atoms with Gasteiger partial charge in [0.15, 0.2) is 17.2 Å². The van der Waals surface area contributed by atoms with Crippen LogP contribution in [0.2, 0.25) is 5.28 Å². The van der Waals surface area contributed by atoms with Gasteiger partial charge >= 0.3 is 0 Å². The van der Waals surface area contributed by atoms with Gasteiger partial charge in [0.05, 0.1) is 6.20 Å². The fourth-order valence-electron chi connectivity index (χ4n) is 2.07. The molecular formula is C13H18ClN3O2. The monoisotopic (exact) mass is 283 g/mol. The molecule has 0 bridgehead atoms. The average molecular weight is 284 g/mol. The number of hydrogen-bond acceptors (Lipinski definition) is 4. The van der Waals surface area contributed by atoms with Gasteiger partial charge in [0.2, 0.25) is 5.28 Å². The van der Waals surface area contributed by atoms with Gasteiger partial charge in [0.1, 0.15) is 0 Å². The van der Waals surface area contributed by atoms with Crippen LogP contribution in [0.25, 0.3) is 0 Å². The summed E-state index contributed by atoms with van der Waals surface area (Å²) in [5, 5.41) is 0.121. The fourth-order valence-corrected chi connectivity index (χ4v) is 2.20. The maximum absolute atomic E-state index is 12.4. The Bertz CT molecular complexity index is 491. The van der Waals surface area contributed by atoms with E-state index in [2.05, 4.69) is 16.9 Å². The third-order valence-corrected chi connectivity index (χ3v) is 3.26. The van der Waals surface area contributed by atoms with E-state index in [4.69, 9.17) is 16.3 Å². The molecule has 0 radical (unpaired) electrons. The van der Waals surface area contributed by atoms with Gasteiger partial charge in [-0.3, -0.25) is 9.69 Å². The molecule has 0 N–H and O–H groups in total. The Morgan fingerprint density at radius 1 is 1.42 bits per heavy atom. The van der Waals surface area contributed by atoms with Crippen LogP contribution in [0.3, 0.4) is 0 Å². The molecule has 104 valence electrons. The normalized spacial score (nSPS) is 17.1. The smallest absolute Gasteiger partial charge is 0.271 e. The molecule has 19 heavy (non-hydrogen) atoms. The lowest BCUT2D eigenvalue weighted by Crippen LogP contribution is -2.53. The lowest BCUT2D eigenvalue weighted by molar-refractivity contribution is -0.132. The van der Waals surface area contributed by atoms with Gasteiger partial charge < -0.3 is 4.74 Å². The minimum Gasteiger partial charge on any atom is -0.472 e. The van der Waals surface area contributed by atoms with E-state index in [1.165, 1.54) is 6.20 Å². The van der Waals surface area contributed by atoms with Crippen LogP contribution in [-0.4, -0.2) is 28.0 Å². The quantitative estimate of drug-likeness (QED) is 0.630. The maximum atomic E-state index is 12.4. The molecule has 1 aliphatic rings. The van der Waals surface area contributed by atoms with Crippen LogP contribution in [0, 0.1) is 0 Å². The Kier molecular flexibility index (Phi) is 3.94. The predicted molar refractivity (Wildman–Crippen MR) is 73.6 cm³/mol. The summed E-state index contributed by atoms with van der Waals surface area (Å²) in [6.45, 7) is 6.25. The van der Waals surface area contributed by atoms with Gasteiger partial charge in [0, 0.05) is 6.54 Å². The molecule has 1 aliphatic heterocycles. The molecule has 2 rings (SSSR count). The third kappa shape index (κ3) is 2.81. The SMILES string of the molecule is CCCCCN1C(=O)C(C)(C)Oc2cnc(Cl)nc21. The van der Waals surface area contributed by atoms with Gasteiger partial charge in [-0.1, -0.05) is 19.8 Å². The summed E-state index contributed by atoms with van der Waals surface area (Å²) < 4.78 is 5.65. The lowest BCUT2D eigenvalue weighted by atomic mass is 10.1. The van der Waals surface area contributed by atoms with Crippen molar-refractivity contribution in [2.75, 3.05) is 11.4 Å². The molecule has 5 nitrogen and oxygen atoms in total. The highest BCUT2D eigenvalue weighted by Gasteiger charge is 2.41. The number of hydrogen-bond donors (Lipinski definition) is 0. The number of unbranched alkanes of at least 4 members (excludes halogenated alkanes) is 2. The van der Waals surface area contributed by atoms with Crippen LogP contribution in [0.15, 0.2) is 6.20 Å². The van der Waals surface area contributed by atoms with E-state index in [0.29, 0.717) is 18.1 Å². The number of halogens is 1. The molecular weight excluding hydrogens is 266 g/mol. The molecule has 2 heterocycles. The molecule has 0 unspecified atom stereocenters. The summed E-state index contributed by atoms with van der Waals surface area (Å²) in [4.78, 5) is 22.1. The molecule has 1 amide bonds. The minimum absolute atomic E-state index is 0.0918. The number of nitrogens with zero attached hydrogens (tertiary/aromatic N) is 3. The van der Waals surface area contributed by atoms with Gasteiger partial charge in [-0.25, -0.2) is 4.98 Å². The van der Waals surface area contributed by atoms with Crippen LogP contribution < -0.4 is 9.64 Å². The summed E-state index contributed by atoms with van der Waals surface area (Å²) in [6.07, 6.45) is 4.61. The highest BCUT2D eigenvalue weighted by Crippen LogP contribution is 2.36. The van der Waals surface area contributed by atoms with Crippen molar-refractivity contribution in [3.8, 4) is 5.75 Å². The second kappa shape index (κ2) is 5.33. The summed E-state index contributed by atoms with van der Waals surface area (Å²) >= 11 is 5.81. The zero-order valence-corrected chi connectivity index (χ0v) is 12.2. The number of carbonyl (C=O) groups excluding carboxylic acids is 1. The second-order valence-corrected chi connectivity index (χ2v) is 5.44. The van der Waals surface area contributed by atoms with E-state index in [0.717, 1.165) is 19.3 Å². The highest BCUT2D eigenvalue weighted by atomic mass is 35.5. The molecule has 0 fully saturated rings. The Morgan fingerprint density at radius 3 is 2.84 bits per heavy atom. The van der Waals surface area contributed by atoms with Crippen LogP contribution >= 0.6 is 11.6 Å². The predicted octanol–water partition coefficient (Wildman–Crippen LogP) is 2.82. The van der Waals surface area contributed by atoms with Gasteiger partial charge in [-0.15, -0.1) is 0 Å². The Labute approximate surface area is 117 Å². The number of fused-ring (bicyclic) bond motifs is 1. The first-order chi connectivity index (χ1) is 8.95. The Morgan fingerprint density at radius 2 is 2.16 bits per heavy atom. The fraction of sp³-hybridized carbons (Fsp3) is 0.615. The standard InChI is InChI=1S/C13H18ClN3O2/c1-4-5-6-7-17-10-9(8-15-12(14)16-10)19-13(2,3)11(17)18/h8H,4-7H2,1-3H3. The molecule has 0 spiro atoms. The molecule has 0 aromatic carbocycles. The van der Waals surface area contributed by atoms with E-state index in [1.807, 2.05) is 0 Å². The number of ether oxygens (including phenoxy) is 1. The largest absolute Gasteiger partial charge is 0.472 e. The van der Waals surface area contributed by atoms with Crippen molar-refractivity contribution < 1.29 is 9.53 Å². The number of anilines is 1. The van der Waals surface area contributed by atoms with E-state index in [-0.39, 0.29) is 11.2 Å². The molecule has 0 saturated heterocycles. The van der Waals surface area contributed by atoms with E-state index < -0.39 is 5.60 Å². The topological polar surface area (TPSA) is 55.3 Å². The lowest BCUT2D eigenvalue weighted by Gasteiger charge is -2.37. The average Bonchev–Trinajstić information content (AvgIpc) is 2.35. The van der Waals surface area contributed by atoms with E-state index in [9.17, 15) is 4.79 Å². The van der Waals surface area contributed by atoms with Crippen LogP contribution in [0.5, 0.6) is 5.75 Å². The van der Waals surface area contributed by atoms with Crippen molar-refractivity contribution in [2.45, 2.75) is 45.6 Å². The third-order valence-electron chi connectivity index (χ3n) is 3.07. The summed E-state index contributed by atoms with van der Waals surface area (Å²) in [7, 11) is 0.